The largest absolute Gasteiger partial charge is 0.398 e. The molecule has 1 aliphatic heterocycles. The van der Waals surface area contributed by atoms with Gasteiger partial charge in [0.2, 0.25) is 0 Å². The van der Waals surface area contributed by atoms with Gasteiger partial charge in [-0.15, -0.1) is 0 Å². The van der Waals surface area contributed by atoms with E-state index in [1.165, 1.54) is 19.3 Å². The average Bonchev–Trinajstić information content (AvgIpc) is 2.61. The summed E-state index contributed by atoms with van der Waals surface area (Å²) in [5.41, 5.74) is 7.89. The van der Waals surface area contributed by atoms with Crippen molar-refractivity contribution in [2.24, 2.45) is 0 Å². The maximum atomic E-state index is 12.2. The predicted octanol–water partition coefficient (Wildman–Crippen LogP) is 2.58. The Labute approximate surface area is 136 Å². The zero-order valence-corrected chi connectivity index (χ0v) is 13.2. The van der Waals surface area contributed by atoms with Crippen molar-refractivity contribution in [2.75, 3.05) is 23.7 Å². The van der Waals surface area contributed by atoms with Crippen molar-refractivity contribution < 1.29 is 4.79 Å². The molecule has 3 N–H and O–H groups in total. The Kier molecular flexibility index (Phi) is 4.76. The Morgan fingerprint density at radius 1 is 1.17 bits per heavy atom. The third-order valence-electron chi connectivity index (χ3n) is 4.15. The molecular formula is C18H22N4O. The van der Waals surface area contributed by atoms with Crippen molar-refractivity contribution in [2.45, 2.75) is 25.8 Å². The van der Waals surface area contributed by atoms with Crippen LogP contribution in [0.4, 0.5) is 11.5 Å². The second-order valence-electron chi connectivity index (χ2n) is 5.84. The van der Waals surface area contributed by atoms with Crippen LogP contribution in [0.25, 0.3) is 0 Å². The highest BCUT2D eigenvalue weighted by Gasteiger charge is 2.13. The summed E-state index contributed by atoms with van der Waals surface area (Å²) in [6.07, 6.45) is 5.54. The van der Waals surface area contributed by atoms with Gasteiger partial charge in [0.05, 0.1) is 5.56 Å². The smallest absolute Gasteiger partial charge is 0.253 e. The quantitative estimate of drug-likeness (QED) is 0.852. The van der Waals surface area contributed by atoms with E-state index in [-0.39, 0.29) is 5.91 Å². The van der Waals surface area contributed by atoms with Gasteiger partial charge in [-0.3, -0.25) is 4.79 Å². The second-order valence-corrected chi connectivity index (χ2v) is 5.84. The summed E-state index contributed by atoms with van der Waals surface area (Å²) >= 11 is 0. The van der Waals surface area contributed by atoms with Crippen LogP contribution in [0.15, 0.2) is 42.6 Å². The molecule has 23 heavy (non-hydrogen) atoms. The standard InChI is InChI=1S/C18H22N4O/c19-16-7-3-2-6-15(16)18(23)21-13-14-8-9-20-17(12-14)22-10-4-1-5-11-22/h2-3,6-9,12H,1,4-5,10-11,13,19H2,(H,21,23). The molecule has 2 heterocycles. The fourth-order valence-corrected chi connectivity index (χ4v) is 2.85. The van der Waals surface area contributed by atoms with E-state index in [1.807, 2.05) is 24.4 Å². The first-order chi connectivity index (χ1) is 11.2. The molecule has 3 rings (SSSR count). The summed E-state index contributed by atoms with van der Waals surface area (Å²) < 4.78 is 0. The van der Waals surface area contributed by atoms with Crippen molar-refractivity contribution in [3.8, 4) is 0 Å². The van der Waals surface area contributed by atoms with Crippen molar-refractivity contribution in [1.82, 2.24) is 10.3 Å². The molecule has 0 aliphatic carbocycles. The molecule has 0 unspecified atom stereocenters. The minimum atomic E-state index is -0.153. The predicted molar refractivity (Wildman–Crippen MR) is 92.3 cm³/mol. The van der Waals surface area contributed by atoms with Gasteiger partial charge in [0, 0.05) is 31.5 Å². The average molecular weight is 310 g/mol. The zero-order chi connectivity index (χ0) is 16.1. The van der Waals surface area contributed by atoms with Crippen LogP contribution >= 0.6 is 0 Å². The third-order valence-corrected chi connectivity index (χ3v) is 4.15. The number of carbonyl (C=O) groups is 1. The van der Waals surface area contributed by atoms with E-state index in [9.17, 15) is 4.79 Å². The number of pyridine rings is 1. The van der Waals surface area contributed by atoms with Crippen LogP contribution < -0.4 is 16.0 Å². The van der Waals surface area contributed by atoms with Crippen LogP contribution in [0, 0.1) is 0 Å². The van der Waals surface area contributed by atoms with E-state index in [4.69, 9.17) is 5.73 Å². The van der Waals surface area contributed by atoms with Crippen LogP contribution in [-0.2, 0) is 6.54 Å². The van der Waals surface area contributed by atoms with E-state index < -0.39 is 0 Å². The monoisotopic (exact) mass is 310 g/mol. The number of nitrogens with one attached hydrogen (secondary N) is 1. The first-order valence-corrected chi connectivity index (χ1v) is 8.06. The minimum absolute atomic E-state index is 0.153. The van der Waals surface area contributed by atoms with Crippen LogP contribution in [0.2, 0.25) is 0 Å². The maximum absolute atomic E-state index is 12.2. The Morgan fingerprint density at radius 2 is 1.96 bits per heavy atom. The second kappa shape index (κ2) is 7.13. The fourth-order valence-electron chi connectivity index (χ4n) is 2.85. The molecule has 5 heteroatoms. The van der Waals surface area contributed by atoms with Crippen LogP contribution in [0.1, 0.15) is 35.2 Å². The Morgan fingerprint density at radius 3 is 2.74 bits per heavy atom. The number of piperidine rings is 1. The lowest BCUT2D eigenvalue weighted by Crippen LogP contribution is -2.30. The van der Waals surface area contributed by atoms with Gasteiger partial charge in [0.25, 0.3) is 5.91 Å². The highest BCUT2D eigenvalue weighted by atomic mass is 16.1. The molecule has 0 atom stereocenters. The summed E-state index contributed by atoms with van der Waals surface area (Å²) in [6.45, 7) is 2.59. The van der Waals surface area contributed by atoms with Crippen molar-refractivity contribution in [1.29, 1.82) is 0 Å². The fraction of sp³-hybridized carbons (Fsp3) is 0.333. The van der Waals surface area contributed by atoms with E-state index in [0.717, 1.165) is 24.5 Å². The van der Waals surface area contributed by atoms with E-state index >= 15 is 0 Å². The molecule has 1 fully saturated rings. The van der Waals surface area contributed by atoms with E-state index in [2.05, 4.69) is 21.3 Å². The number of aromatic nitrogens is 1. The summed E-state index contributed by atoms with van der Waals surface area (Å²) in [7, 11) is 0. The van der Waals surface area contributed by atoms with Gasteiger partial charge in [-0.1, -0.05) is 12.1 Å². The molecule has 0 bridgehead atoms. The lowest BCUT2D eigenvalue weighted by atomic mass is 10.1. The molecule has 0 radical (unpaired) electrons. The summed E-state index contributed by atoms with van der Waals surface area (Å²) in [5.74, 6) is 0.843. The Balaban J connectivity index is 1.64. The molecule has 1 amide bonds. The highest BCUT2D eigenvalue weighted by molar-refractivity contribution is 5.98. The maximum Gasteiger partial charge on any atom is 0.253 e. The zero-order valence-electron chi connectivity index (χ0n) is 13.2. The molecule has 1 saturated heterocycles. The lowest BCUT2D eigenvalue weighted by Gasteiger charge is -2.27. The normalized spacial score (nSPS) is 14.5. The highest BCUT2D eigenvalue weighted by Crippen LogP contribution is 2.18. The van der Waals surface area contributed by atoms with E-state index in [1.54, 1.807) is 12.1 Å². The summed E-state index contributed by atoms with van der Waals surface area (Å²) in [6, 6.07) is 11.1. The molecule has 0 spiro atoms. The van der Waals surface area contributed by atoms with Crippen LogP contribution in [0.5, 0.6) is 0 Å². The van der Waals surface area contributed by atoms with Crippen LogP contribution in [0.3, 0.4) is 0 Å². The number of benzene rings is 1. The van der Waals surface area contributed by atoms with Gasteiger partial charge in [0.1, 0.15) is 5.82 Å². The van der Waals surface area contributed by atoms with Gasteiger partial charge >= 0.3 is 0 Å². The molecule has 2 aromatic rings. The molecule has 120 valence electrons. The molecule has 1 aromatic heterocycles. The van der Waals surface area contributed by atoms with E-state index in [0.29, 0.717) is 17.8 Å². The summed E-state index contributed by atoms with van der Waals surface area (Å²) in [4.78, 5) is 19.0. The van der Waals surface area contributed by atoms with Crippen molar-refractivity contribution in [3.63, 3.8) is 0 Å². The first kappa shape index (κ1) is 15.3. The Hall–Kier alpha value is -2.56. The number of nitrogen functional groups attached to an aromatic ring is 1. The number of hydrogen-bond acceptors (Lipinski definition) is 4. The summed E-state index contributed by atoms with van der Waals surface area (Å²) in [5, 5.41) is 2.92. The van der Waals surface area contributed by atoms with Crippen LogP contribution in [-0.4, -0.2) is 24.0 Å². The van der Waals surface area contributed by atoms with Gasteiger partial charge in [0.15, 0.2) is 0 Å². The number of nitrogens with two attached hydrogens (primary N) is 1. The first-order valence-electron chi connectivity index (χ1n) is 8.06. The number of carbonyl (C=O) groups excluding carboxylic acids is 1. The number of amides is 1. The molecule has 1 aromatic carbocycles. The lowest BCUT2D eigenvalue weighted by molar-refractivity contribution is 0.0952. The van der Waals surface area contributed by atoms with Gasteiger partial charge in [-0.25, -0.2) is 4.98 Å². The van der Waals surface area contributed by atoms with Crippen molar-refractivity contribution in [3.05, 3.63) is 53.7 Å². The molecule has 0 saturated carbocycles. The molecular weight excluding hydrogens is 288 g/mol. The minimum Gasteiger partial charge on any atom is -0.398 e. The van der Waals surface area contributed by atoms with Gasteiger partial charge < -0.3 is 16.0 Å². The number of anilines is 2. The molecule has 5 nitrogen and oxygen atoms in total. The number of para-hydroxylation sites is 1. The third kappa shape index (κ3) is 3.80. The van der Waals surface area contributed by atoms with Gasteiger partial charge in [-0.05, 0) is 49.1 Å². The molecule has 1 aliphatic rings. The van der Waals surface area contributed by atoms with Crippen molar-refractivity contribution >= 4 is 17.4 Å². The number of nitrogens with zero attached hydrogens (tertiary/aromatic N) is 2. The number of hydrogen-bond donors (Lipinski definition) is 2. The Bertz CT molecular complexity index is 680. The SMILES string of the molecule is Nc1ccccc1C(=O)NCc1ccnc(N2CCCCC2)c1. The topological polar surface area (TPSA) is 71.2 Å². The van der Waals surface area contributed by atoms with Gasteiger partial charge in [-0.2, -0.15) is 0 Å². The number of rotatable bonds is 4.